The lowest BCUT2D eigenvalue weighted by molar-refractivity contribution is -0.138. The fraction of sp³-hybridized carbons (Fsp3) is 0.727. The summed E-state index contributed by atoms with van der Waals surface area (Å²) < 4.78 is 3.28. The maximum absolute atomic E-state index is 11.4. The number of carbonyl (C=O) groups excluding carboxylic acids is 1. The van der Waals surface area contributed by atoms with Crippen LogP contribution in [0.4, 0.5) is 0 Å². The van der Waals surface area contributed by atoms with Gasteiger partial charge in [0, 0.05) is 5.57 Å². The molecule has 2 nitrogen and oxygen atoms in total. The van der Waals surface area contributed by atoms with E-state index in [1.807, 2.05) is 6.08 Å². The Morgan fingerprint density at radius 1 is 1.31 bits per heavy atom. The van der Waals surface area contributed by atoms with Crippen molar-refractivity contribution in [1.29, 1.82) is 0 Å². The first-order valence-corrected chi connectivity index (χ1v) is 6.41. The SMILES string of the molecule is CCCCCC=C(C)C(=O)OCC(Cl)(Cl)Cl. The van der Waals surface area contributed by atoms with Gasteiger partial charge in [-0.3, -0.25) is 0 Å². The number of ether oxygens (including phenoxy) is 1. The van der Waals surface area contributed by atoms with Gasteiger partial charge in [-0.25, -0.2) is 4.79 Å². The third-order valence-electron chi connectivity index (χ3n) is 1.95. The Morgan fingerprint density at radius 2 is 1.94 bits per heavy atom. The zero-order chi connectivity index (χ0) is 12.6. The average molecular weight is 288 g/mol. The summed E-state index contributed by atoms with van der Waals surface area (Å²) in [4.78, 5) is 11.4. The number of alkyl halides is 3. The van der Waals surface area contributed by atoms with Crippen LogP contribution in [0.25, 0.3) is 0 Å². The van der Waals surface area contributed by atoms with Gasteiger partial charge in [-0.05, 0) is 19.8 Å². The molecule has 0 aliphatic heterocycles. The molecule has 0 aliphatic carbocycles. The summed E-state index contributed by atoms with van der Waals surface area (Å²) >= 11 is 16.4. The Hall–Kier alpha value is 0.0800. The number of unbranched alkanes of at least 4 members (excludes halogenated alkanes) is 3. The molecule has 0 rings (SSSR count). The number of hydrogen-bond acceptors (Lipinski definition) is 2. The molecular formula is C11H17Cl3O2. The van der Waals surface area contributed by atoms with Crippen LogP contribution in [0.3, 0.4) is 0 Å². The lowest BCUT2D eigenvalue weighted by atomic mass is 10.1. The third kappa shape index (κ3) is 9.32. The Labute approximate surface area is 112 Å². The summed E-state index contributed by atoms with van der Waals surface area (Å²) in [5.41, 5.74) is 0.561. The van der Waals surface area contributed by atoms with E-state index in [1.54, 1.807) is 6.92 Å². The number of rotatable bonds is 6. The Morgan fingerprint density at radius 3 is 2.44 bits per heavy atom. The first-order chi connectivity index (χ1) is 7.37. The van der Waals surface area contributed by atoms with E-state index in [2.05, 4.69) is 6.92 Å². The second-order valence-corrected chi connectivity index (χ2v) is 6.09. The summed E-state index contributed by atoms with van der Waals surface area (Å²) in [6.45, 7) is 3.61. The minimum atomic E-state index is -1.54. The highest BCUT2D eigenvalue weighted by Gasteiger charge is 2.22. The van der Waals surface area contributed by atoms with Gasteiger partial charge in [0.1, 0.15) is 6.61 Å². The van der Waals surface area contributed by atoms with E-state index in [4.69, 9.17) is 39.5 Å². The minimum Gasteiger partial charge on any atom is -0.458 e. The van der Waals surface area contributed by atoms with E-state index in [1.165, 1.54) is 0 Å². The molecule has 0 aliphatic rings. The first-order valence-electron chi connectivity index (χ1n) is 5.27. The molecule has 16 heavy (non-hydrogen) atoms. The molecule has 94 valence electrons. The van der Waals surface area contributed by atoms with Crippen LogP contribution >= 0.6 is 34.8 Å². The molecule has 0 aromatic rings. The zero-order valence-electron chi connectivity index (χ0n) is 9.56. The lowest BCUT2D eigenvalue weighted by Gasteiger charge is -2.11. The molecule has 0 unspecified atom stereocenters. The monoisotopic (exact) mass is 286 g/mol. The number of halogens is 3. The topological polar surface area (TPSA) is 26.3 Å². The maximum Gasteiger partial charge on any atom is 0.333 e. The zero-order valence-corrected chi connectivity index (χ0v) is 11.8. The number of hydrogen-bond donors (Lipinski definition) is 0. The summed E-state index contributed by atoms with van der Waals surface area (Å²) in [7, 11) is 0. The van der Waals surface area contributed by atoms with Gasteiger partial charge in [0.2, 0.25) is 3.79 Å². The van der Waals surface area contributed by atoms with Crippen molar-refractivity contribution in [1.82, 2.24) is 0 Å². The molecule has 0 heterocycles. The number of esters is 1. The summed E-state index contributed by atoms with van der Waals surface area (Å²) in [5, 5.41) is 0. The molecule has 0 aromatic heterocycles. The van der Waals surface area contributed by atoms with Gasteiger partial charge >= 0.3 is 5.97 Å². The van der Waals surface area contributed by atoms with Gasteiger partial charge in [0.05, 0.1) is 0 Å². The quantitative estimate of drug-likeness (QED) is 0.313. The Balaban J connectivity index is 3.89. The van der Waals surface area contributed by atoms with Crippen LogP contribution in [0.1, 0.15) is 39.5 Å². The van der Waals surface area contributed by atoms with Crippen molar-refractivity contribution < 1.29 is 9.53 Å². The predicted octanol–water partition coefficient (Wildman–Crippen LogP) is 4.43. The third-order valence-corrected chi connectivity index (χ3v) is 2.27. The van der Waals surface area contributed by atoms with E-state index in [0.29, 0.717) is 5.57 Å². The highest BCUT2D eigenvalue weighted by molar-refractivity contribution is 6.67. The molecule has 0 N–H and O–H groups in total. The molecule has 0 radical (unpaired) electrons. The van der Waals surface area contributed by atoms with Crippen molar-refractivity contribution in [2.24, 2.45) is 0 Å². The van der Waals surface area contributed by atoms with Gasteiger partial charge in [-0.15, -0.1) is 0 Å². The normalized spacial score (nSPS) is 12.7. The Kier molecular flexibility index (Phi) is 8.25. The lowest BCUT2D eigenvalue weighted by Crippen LogP contribution is -2.17. The molecular weight excluding hydrogens is 270 g/mol. The van der Waals surface area contributed by atoms with Crippen LogP contribution in [0.2, 0.25) is 0 Å². The minimum absolute atomic E-state index is 0.226. The van der Waals surface area contributed by atoms with E-state index in [-0.39, 0.29) is 6.61 Å². The van der Waals surface area contributed by atoms with Gasteiger partial charge in [0.15, 0.2) is 0 Å². The van der Waals surface area contributed by atoms with E-state index >= 15 is 0 Å². The molecule has 0 saturated heterocycles. The average Bonchev–Trinajstić information content (AvgIpc) is 2.19. The van der Waals surface area contributed by atoms with Crippen molar-refractivity contribution in [2.45, 2.75) is 43.3 Å². The van der Waals surface area contributed by atoms with Crippen molar-refractivity contribution in [2.75, 3.05) is 6.61 Å². The summed E-state index contributed by atoms with van der Waals surface area (Å²) in [5.74, 6) is -0.428. The van der Waals surface area contributed by atoms with Crippen molar-refractivity contribution in [3.05, 3.63) is 11.6 Å². The van der Waals surface area contributed by atoms with Crippen molar-refractivity contribution >= 4 is 40.8 Å². The van der Waals surface area contributed by atoms with Gasteiger partial charge < -0.3 is 4.74 Å². The fourth-order valence-corrected chi connectivity index (χ4v) is 1.22. The van der Waals surface area contributed by atoms with Crippen LogP contribution in [0, 0.1) is 0 Å². The highest BCUT2D eigenvalue weighted by Crippen LogP contribution is 2.26. The highest BCUT2D eigenvalue weighted by atomic mass is 35.6. The molecule has 0 aromatic carbocycles. The molecule has 0 atom stereocenters. The Bertz CT molecular complexity index is 244. The second-order valence-electron chi connectivity index (χ2n) is 3.57. The van der Waals surface area contributed by atoms with Crippen LogP contribution in [0.5, 0.6) is 0 Å². The van der Waals surface area contributed by atoms with E-state index in [0.717, 1.165) is 25.7 Å². The van der Waals surface area contributed by atoms with Crippen molar-refractivity contribution in [3.63, 3.8) is 0 Å². The van der Waals surface area contributed by atoms with Crippen LogP contribution < -0.4 is 0 Å². The number of carbonyl (C=O) groups is 1. The first kappa shape index (κ1) is 16.1. The molecule has 0 bridgehead atoms. The van der Waals surface area contributed by atoms with Crippen LogP contribution in [0.15, 0.2) is 11.6 Å². The largest absolute Gasteiger partial charge is 0.458 e. The fourth-order valence-electron chi connectivity index (χ4n) is 1.06. The second kappa shape index (κ2) is 8.21. The maximum atomic E-state index is 11.4. The molecule has 0 fully saturated rings. The molecule has 0 amide bonds. The van der Waals surface area contributed by atoms with Gasteiger partial charge in [-0.2, -0.15) is 0 Å². The molecule has 0 saturated carbocycles. The number of allylic oxidation sites excluding steroid dienone is 1. The molecule has 5 heteroatoms. The van der Waals surface area contributed by atoms with Crippen molar-refractivity contribution in [3.8, 4) is 0 Å². The molecule has 0 spiro atoms. The smallest absolute Gasteiger partial charge is 0.333 e. The summed E-state index contributed by atoms with van der Waals surface area (Å²) in [6, 6.07) is 0. The summed E-state index contributed by atoms with van der Waals surface area (Å²) in [6.07, 6.45) is 6.13. The van der Waals surface area contributed by atoms with Crippen LogP contribution in [-0.4, -0.2) is 16.4 Å². The van der Waals surface area contributed by atoms with Gasteiger partial charge in [0.25, 0.3) is 0 Å². The van der Waals surface area contributed by atoms with E-state index < -0.39 is 9.76 Å². The standard InChI is InChI=1S/C11H17Cl3O2/c1-3-4-5-6-7-9(2)10(15)16-8-11(12,13)14/h7H,3-6,8H2,1-2H3. The van der Waals surface area contributed by atoms with E-state index in [9.17, 15) is 4.79 Å². The van der Waals surface area contributed by atoms with Crippen LogP contribution in [-0.2, 0) is 9.53 Å². The predicted molar refractivity (Wildman–Crippen MR) is 69.1 cm³/mol. The van der Waals surface area contributed by atoms with Gasteiger partial charge in [-0.1, -0.05) is 60.6 Å².